The fourth-order valence-electron chi connectivity index (χ4n) is 0.935. The first kappa shape index (κ1) is 10.8. The molecule has 0 saturated heterocycles. The summed E-state index contributed by atoms with van der Waals surface area (Å²) in [5, 5.41) is 0.898. The molecule has 1 aromatic heterocycles. The number of hydrogen-bond acceptors (Lipinski definition) is 3. The lowest BCUT2D eigenvalue weighted by Gasteiger charge is -2.00. The molecule has 0 atom stereocenters. The molecule has 1 heterocycles. The molecular formula is C10H12N2OS. The predicted octanol–water partition coefficient (Wildman–Crippen LogP) is 2.43. The molecule has 0 radical (unpaired) electrons. The van der Waals surface area contributed by atoms with Crippen molar-refractivity contribution in [3.8, 4) is 0 Å². The van der Waals surface area contributed by atoms with E-state index in [0.717, 1.165) is 10.6 Å². The van der Waals surface area contributed by atoms with Crippen LogP contribution in [-0.2, 0) is 0 Å². The van der Waals surface area contributed by atoms with Gasteiger partial charge in [-0.05, 0) is 19.2 Å². The molecule has 3 nitrogen and oxygen atoms in total. The van der Waals surface area contributed by atoms with E-state index in [1.165, 1.54) is 17.8 Å². The maximum atomic E-state index is 11.1. The highest BCUT2D eigenvalue weighted by Crippen LogP contribution is 2.16. The third-order valence-electron chi connectivity index (χ3n) is 1.71. The van der Waals surface area contributed by atoms with Crippen LogP contribution in [0.25, 0.3) is 6.08 Å². The molecule has 1 rings (SSSR count). The zero-order valence-corrected chi connectivity index (χ0v) is 9.02. The lowest BCUT2D eigenvalue weighted by Crippen LogP contribution is -2.03. The van der Waals surface area contributed by atoms with Crippen molar-refractivity contribution in [1.29, 1.82) is 0 Å². The number of pyridine rings is 1. The second kappa shape index (κ2) is 4.81. The van der Waals surface area contributed by atoms with E-state index < -0.39 is 0 Å². The standard InChI is InChI=1S/C10H12N2OS/c1-4-8-5-6-9(13)12-10(8)11-7(2)14-3/h4-6H,1H2,2-3H3,(H,12,13). The Morgan fingerprint density at radius 1 is 1.64 bits per heavy atom. The lowest BCUT2D eigenvalue weighted by molar-refractivity contribution is 1.20. The monoisotopic (exact) mass is 208 g/mol. The lowest BCUT2D eigenvalue weighted by atomic mass is 10.2. The maximum Gasteiger partial charge on any atom is 0.249 e. The van der Waals surface area contributed by atoms with Crippen LogP contribution in [0.5, 0.6) is 0 Å². The fraction of sp³-hybridized carbons (Fsp3) is 0.200. The minimum absolute atomic E-state index is 0.150. The largest absolute Gasteiger partial charge is 0.307 e. The molecule has 14 heavy (non-hydrogen) atoms. The van der Waals surface area contributed by atoms with Gasteiger partial charge in [0, 0.05) is 11.6 Å². The molecule has 0 unspecified atom stereocenters. The molecule has 0 aliphatic rings. The summed E-state index contributed by atoms with van der Waals surface area (Å²) in [7, 11) is 0. The van der Waals surface area contributed by atoms with E-state index in [9.17, 15) is 4.79 Å². The number of nitrogens with zero attached hydrogens (tertiary/aromatic N) is 1. The summed E-state index contributed by atoms with van der Waals surface area (Å²) in [6.45, 7) is 5.55. The van der Waals surface area contributed by atoms with Crippen molar-refractivity contribution in [1.82, 2.24) is 4.98 Å². The summed E-state index contributed by atoms with van der Waals surface area (Å²) >= 11 is 1.54. The van der Waals surface area contributed by atoms with Crippen LogP contribution < -0.4 is 5.56 Å². The zero-order chi connectivity index (χ0) is 10.6. The van der Waals surface area contributed by atoms with Gasteiger partial charge in [0.2, 0.25) is 5.56 Å². The Bertz CT molecular complexity index is 420. The summed E-state index contributed by atoms with van der Waals surface area (Å²) in [6.07, 6.45) is 3.61. The van der Waals surface area contributed by atoms with E-state index >= 15 is 0 Å². The van der Waals surface area contributed by atoms with E-state index in [1.807, 2.05) is 13.2 Å². The van der Waals surface area contributed by atoms with Gasteiger partial charge in [0.1, 0.15) is 5.82 Å². The van der Waals surface area contributed by atoms with Crippen molar-refractivity contribution in [3.63, 3.8) is 0 Å². The van der Waals surface area contributed by atoms with E-state index in [2.05, 4.69) is 16.6 Å². The first-order valence-electron chi connectivity index (χ1n) is 4.12. The number of nitrogens with one attached hydrogen (secondary N) is 1. The maximum absolute atomic E-state index is 11.1. The Hall–Kier alpha value is -1.29. The molecule has 0 aromatic carbocycles. The summed E-state index contributed by atoms with van der Waals surface area (Å²) in [5.41, 5.74) is 0.682. The molecular weight excluding hydrogens is 196 g/mol. The Morgan fingerprint density at radius 3 is 2.93 bits per heavy atom. The van der Waals surface area contributed by atoms with Gasteiger partial charge in [0.05, 0.1) is 5.04 Å². The summed E-state index contributed by atoms with van der Waals surface area (Å²) in [5.74, 6) is 0.569. The fourth-order valence-corrected chi connectivity index (χ4v) is 1.12. The van der Waals surface area contributed by atoms with Crippen LogP contribution in [0.3, 0.4) is 0 Å². The van der Waals surface area contributed by atoms with Crippen LogP contribution in [0.15, 0.2) is 28.5 Å². The molecule has 1 N–H and O–H groups in total. The molecule has 4 heteroatoms. The summed E-state index contributed by atoms with van der Waals surface area (Å²) in [4.78, 5) is 18.0. The van der Waals surface area contributed by atoms with E-state index in [1.54, 1.807) is 12.1 Å². The Balaban J connectivity index is 3.24. The van der Waals surface area contributed by atoms with Gasteiger partial charge < -0.3 is 4.98 Å². The topological polar surface area (TPSA) is 45.2 Å². The quantitative estimate of drug-likeness (QED) is 0.599. The first-order chi connectivity index (χ1) is 6.67. The smallest absolute Gasteiger partial charge is 0.249 e. The van der Waals surface area contributed by atoms with Gasteiger partial charge in [0.25, 0.3) is 0 Å². The second-order valence-electron chi connectivity index (χ2n) is 2.67. The second-order valence-corrected chi connectivity index (χ2v) is 3.66. The van der Waals surface area contributed by atoms with Gasteiger partial charge in [0.15, 0.2) is 0 Å². The van der Waals surface area contributed by atoms with Crippen molar-refractivity contribution in [2.75, 3.05) is 6.26 Å². The highest BCUT2D eigenvalue weighted by molar-refractivity contribution is 8.13. The first-order valence-corrected chi connectivity index (χ1v) is 5.35. The molecule has 0 spiro atoms. The van der Waals surface area contributed by atoms with Gasteiger partial charge in [-0.15, -0.1) is 11.8 Å². The van der Waals surface area contributed by atoms with Crippen LogP contribution in [0.4, 0.5) is 5.82 Å². The third kappa shape index (κ3) is 2.60. The molecule has 0 aliphatic heterocycles. The molecule has 1 aromatic rings. The normalized spacial score (nSPS) is 11.4. The molecule has 0 fully saturated rings. The predicted molar refractivity (Wildman–Crippen MR) is 63.4 cm³/mol. The summed E-state index contributed by atoms with van der Waals surface area (Å²) < 4.78 is 0. The van der Waals surface area contributed by atoms with Gasteiger partial charge in [-0.2, -0.15) is 0 Å². The van der Waals surface area contributed by atoms with E-state index in [0.29, 0.717) is 5.82 Å². The average molecular weight is 208 g/mol. The summed E-state index contributed by atoms with van der Waals surface area (Å²) in [6, 6.07) is 3.17. The highest BCUT2D eigenvalue weighted by Gasteiger charge is 1.98. The van der Waals surface area contributed by atoms with Crippen molar-refractivity contribution >= 4 is 28.7 Å². The molecule has 0 aliphatic carbocycles. The molecule has 0 amide bonds. The number of hydrogen-bond donors (Lipinski definition) is 1. The molecule has 0 bridgehead atoms. The van der Waals surface area contributed by atoms with Gasteiger partial charge in [-0.25, -0.2) is 4.99 Å². The minimum atomic E-state index is -0.150. The SMILES string of the molecule is C=Cc1ccc(=O)[nH]c1N=C(C)SC. The molecule has 74 valence electrons. The van der Waals surface area contributed by atoms with Crippen molar-refractivity contribution in [2.24, 2.45) is 4.99 Å². The number of thioether (sulfide) groups is 1. The van der Waals surface area contributed by atoms with Crippen LogP contribution in [0, 0.1) is 0 Å². The van der Waals surface area contributed by atoms with Gasteiger partial charge >= 0.3 is 0 Å². The number of aromatic nitrogens is 1. The van der Waals surface area contributed by atoms with Crippen molar-refractivity contribution < 1.29 is 0 Å². The minimum Gasteiger partial charge on any atom is -0.307 e. The van der Waals surface area contributed by atoms with E-state index in [4.69, 9.17) is 0 Å². The Morgan fingerprint density at radius 2 is 2.36 bits per heavy atom. The van der Waals surface area contributed by atoms with Crippen LogP contribution >= 0.6 is 11.8 Å². The number of H-pyrrole nitrogens is 1. The van der Waals surface area contributed by atoms with Crippen LogP contribution in [-0.4, -0.2) is 16.3 Å². The van der Waals surface area contributed by atoms with E-state index in [-0.39, 0.29) is 5.56 Å². The number of aliphatic imine (C=N–C) groups is 1. The van der Waals surface area contributed by atoms with Gasteiger partial charge in [-0.3, -0.25) is 4.79 Å². The Kier molecular flexibility index (Phi) is 3.71. The zero-order valence-electron chi connectivity index (χ0n) is 8.20. The van der Waals surface area contributed by atoms with Crippen LogP contribution in [0.2, 0.25) is 0 Å². The number of rotatable bonds is 2. The highest BCUT2D eigenvalue weighted by atomic mass is 32.2. The van der Waals surface area contributed by atoms with Crippen molar-refractivity contribution in [3.05, 3.63) is 34.6 Å². The van der Waals surface area contributed by atoms with Crippen LogP contribution in [0.1, 0.15) is 12.5 Å². The number of aromatic amines is 1. The van der Waals surface area contributed by atoms with Crippen molar-refractivity contribution in [2.45, 2.75) is 6.92 Å². The Labute approximate surface area is 87.0 Å². The average Bonchev–Trinajstić information content (AvgIpc) is 2.18. The third-order valence-corrected chi connectivity index (χ3v) is 2.40. The molecule has 0 saturated carbocycles. The van der Waals surface area contributed by atoms with Gasteiger partial charge in [-0.1, -0.05) is 12.7 Å².